The molecular weight excluding hydrogens is 266 g/mol. The molecule has 1 aliphatic rings. The van der Waals surface area contributed by atoms with Crippen LogP contribution in [0.1, 0.15) is 24.1 Å². The van der Waals surface area contributed by atoms with Crippen LogP contribution in [0.3, 0.4) is 0 Å². The summed E-state index contributed by atoms with van der Waals surface area (Å²) in [4.78, 5) is 0. The Kier molecular flexibility index (Phi) is 3.87. The molecule has 7 heteroatoms. The van der Waals surface area contributed by atoms with Crippen LogP contribution < -0.4 is 4.74 Å². The van der Waals surface area contributed by atoms with E-state index < -0.39 is 10.0 Å². The van der Waals surface area contributed by atoms with Crippen molar-refractivity contribution in [3.05, 3.63) is 11.3 Å². The van der Waals surface area contributed by atoms with Gasteiger partial charge < -0.3 is 4.74 Å². The average molecular weight is 287 g/mol. The lowest BCUT2D eigenvalue weighted by Crippen LogP contribution is -2.41. The Morgan fingerprint density at radius 3 is 2.26 bits per heavy atom. The number of sulfonamides is 1. The van der Waals surface area contributed by atoms with Crippen LogP contribution in [0, 0.1) is 13.8 Å². The summed E-state index contributed by atoms with van der Waals surface area (Å²) in [7, 11) is -1.18. The molecule has 1 aromatic rings. The Labute approximate surface area is 114 Å². The van der Waals surface area contributed by atoms with Gasteiger partial charge in [0.2, 0.25) is 15.9 Å². The van der Waals surface area contributed by atoms with Crippen molar-refractivity contribution in [2.75, 3.05) is 19.3 Å². The molecule has 1 saturated heterocycles. The molecule has 108 valence electrons. The number of nitrogens with zero attached hydrogens (tertiary/aromatic N) is 3. The first-order chi connectivity index (χ1) is 8.79. The summed E-state index contributed by atoms with van der Waals surface area (Å²) >= 11 is 0. The van der Waals surface area contributed by atoms with Crippen molar-refractivity contribution in [2.24, 2.45) is 7.05 Å². The van der Waals surface area contributed by atoms with E-state index in [1.54, 1.807) is 4.68 Å². The van der Waals surface area contributed by atoms with E-state index in [1.807, 2.05) is 20.9 Å². The average Bonchev–Trinajstić information content (AvgIpc) is 2.57. The minimum absolute atomic E-state index is 0.0472. The van der Waals surface area contributed by atoms with E-state index in [0.29, 0.717) is 31.8 Å². The lowest BCUT2D eigenvalue weighted by atomic mass is 10.1. The number of hydrogen-bond donors (Lipinski definition) is 0. The molecule has 19 heavy (non-hydrogen) atoms. The van der Waals surface area contributed by atoms with Gasteiger partial charge in [0, 0.05) is 31.4 Å². The number of piperidine rings is 1. The highest BCUT2D eigenvalue weighted by Crippen LogP contribution is 2.23. The van der Waals surface area contributed by atoms with Crippen LogP contribution >= 0.6 is 0 Å². The van der Waals surface area contributed by atoms with Gasteiger partial charge in [-0.05, 0) is 26.7 Å². The summed E-state index contributed by atoms with van der Waals surface area (Å²) in [5, 5.41) is 4.33. The van der Waals surface area contributed by atoms with Crippen LogP contribution in [0.5, 0.6) is 5.88 Å². The molecule has 0 saturated carbocycles. The third-order valence-corrected chi connectivity index (χ3v) is 5.04. The summed E-state index contributed by atoms with van der Waals surface area (Å²) in [6.07, 6.45) is 2.72. The highest BCUT2D eigenvalue weighted by atomic mass is 32.2. The van der Waals surface area contributed by atoms with Crippen molar-refractivity contribution >= 4 is 10.0 Å². The predicted molar refractivity (Wildman–Crippen MR) is 72.7 cm³/mol. The van der Waals surface area contributed by atoms with E-state index >= 15 is 0 Å². The predicted octanol–water partition coefficient (Wildman–Crippen LogP) is 0.840. The number of ether oxygens (including phenoxy) is 1. The standard InChI is InChI=1S/C12H21N3O3S/c1-9-10(2)14(3)13-12(9)18-11-5-7-15(8-6-11)19(4,16)17/h11H,5-8H2,1-4H3. The van der Waals surface area contributed by atoms with Crippen LogP contribution in [0.25, 0.3) is 0 Å². The van der Waals surface area contributed by atoms with Crippen LogP contribution in [-0.4, -0.2) is 48.0 Å². The minimum Gasteiger partial charge on any atom is -0.473 e. The Morgan fingerprint density at radius 2 is 1.84 bits per heavy atom. The van der Waals surface area contributed by atoms with Crippen LogP contribution in [0.15, 0.2) is 0 Å². The van der Waals surface area contributed by atoms with E-state index in [-0.39, 0.29) is 6.10 Å². The van der Waals surface area contributed by atoms with E-state index in [2.05, 4.69) is 5.10 Å². The van der Waals surface area contributed by atoms with Gasteiger partial charge in [0.25, 0.3) is 0 Å². The summed E-state index contributed by atoms with van der Waals surface area (Å²) < 4.78 is 32.0. The van der Waals surface area contributed by atoms with Crippen LogP contribution in [0.4, 0.5) is 0 Å². The molecule has 0 bridgehead atoms. The molecule has 1 aromatic heterocycles. The fourth-order valence-electron chi connectivity index (χ4n) is 2.24. The van der Waals surface area contributed by atoms with Gasteiger partial charge in [-0.25, -0.2) is 12.7 Å². The summed E-state index contributed by atoms with van der Waals surface area (Å²) in [6.45, 7) is 5.04. The molecule has 0 aromatic carbocycles. The molecule has 6 nitrogen and oxygen atoms in total. The maximum Gasteiger partial charge on any atom is 0.236 e. The van der Waals surface area contributed by atoms with E-state index in [9.17, 15) is 8.42 Å². The van der Waals surface area contributed by atoms with E-state index in [4.69, 9.17) is 4.74 Å². The molecule has 0 amide bonds. The highest BCUT2D eigenvalue weighted by molar-refractivity contribution is 7.88. The summed E-state index contributed by atoms with van der Waals surface area (Å²) in [5.41, 5.74) is 2.14. The fraction of sp³-hybridized carbons (Fsp3) is 0.750. The normalized spacial score (nSPS) is 18.7. The molecule has 0 spiro atoms. The second kappa shape index (κ2) is 5.13. The lowest BCUT2D eigenvalue weighted by molar-refractivity contribution is 0.128. The number of hydrogen-bond acceptors (Lipinski definition) is 4. The molecule has 0 N–H and O–H groups in total. The maximum atomic E-state index is 11.4. The monoisotopic (exact) mass is 287 g/mol. The van der Waals surface area contributed by atoms with Gasteiger partial charge in [0.15, 0.2) is 0 Å². The van der Waals surface area contributed by atoms with Crippen LogP contribution in [-0.2, 0) is 17.1 Å². The third-order valence-electron chi connectivity index (χ3n) is 3.74. The first-order valence-corrected chi connectivity index (χ1v) is 8.26. The van der Waals surface area contributed by atoms with Crippen molar-refractivity contribution in [3.8, 4) is 5.88 Å². The van der Waals surface area contributed by atoms with Gasteiger partial charge in [-0.1, -0.05) is 0 Å². The van der Waals surface area contributed by atoms with E-state index in [1.165, 1.54) is 10.6 Å². The Bertz CT molecular complexity index is 557. The molecule has 0 aliphatic carbocycles. The van der Waals surface area contributed by atoms with Crippen molar-refractivity contribution in [3.63, 3.8) is 0 Å². The zero-order chi connectivity index (χ0) is 14.2. The zero-order valence-corrected chi connectivity index (χ0v) is 12.7. The molecule has 2 rings (SSSR count). The van der Waals surface area contributed by atoms with Gasteiger partial charge >= 0.3 is 0 Å². The molecule has 0 radical (unpaired) electrons. The number of aromatic nitrogens is 2. The number of aryl methyl sites for hydroxylation is 1. The Morgan fingerprint density at radius 1 is 1.26 bits per heavy atom. The van der Waals surface area contributed by atoms with Crippen molar-refractivity contribution in [2.45, 2.75) is 32.8 Å². The molecule has 1 aliphatic heterocycles. The second-order valence-corrected chi connectivity index (χ2v) is 7.10. The van der Waals surface area contributed by atoms with Crippen molar-refractivity contribution < 1.29 is 13.2 Å². The van der Waals surface area contributed by atoms with Gasteiger partial charge in [0.05, 0.1) is 6.26 Å². The van der Waals surface area contributed by atoms with E-state index in [0.717, 1.165) is 11.3 Å². The third kappa shape index (κ3) is 3.09. The topological polar surface area (TPSA) is 64.4 Å². The van der Waals surface area contributed by atoms with Crippen molar-refractivity contribution in [1.29, 1.82) is 0 Å². The molecule has 0 unspecified atom stereocenters. The summed E-state index contributed by atoms with van der Waals surface area (Å²) in [5.74, 6) is 0.665. The largest absolute Gasteiger partial charge is 0.473 e. The maximum absolute atomic E-state index is 11.4. The molecule has 1 fully saturated rings. The van der Waals surface area contributed by atoms with Gasteiger partial charge in [-0.2, -0.15) is 0 Å². The first-order valence-electron chi connectivity index (χ1n) is 6.41. The fourth-order valence-corrected chi connectivity index (χ4v) is 3.11. The second-order valence-electron chi connectivity index (χ2n) is 5.12. The molecule has 2 heterocycles. The SMILES string of the molecule is Cc1c(OC2CCN(S(C)(=O)=O)CC2)nn(C)c1C. The minimum atomic E-state index is -3.07. The van der Waals surface area contributed by atoms with Gasteiger partial charge in [-0.15, -0.1) is 5.10 Å². The first kappa shape index (κ1) is 14.3. The Hall–Kier alpha value is -1.08. The van der Waals surface area contributed by atoms with Gasteiger partial charge in [-0.3, -0.25) is 4.68 Å². The molecular formula is C12H21N3O3S. The van der Waals surface area contributed by atoms with Crippen LogP contribution in [0.2, 0.25) is 0 Å². The lowest BCUT2D eigenvalue weighted by Gasteiger charge is -2.30. The Balaban J connectivity index is 1.98. The smallest absolute Gasteiger partial charge is 0.236 e. The quantitative estimate of drug-likeness (QED) is 0.826. The summed E-state index contributed by atoms with van der Waals surface area (Å²) in [6, 6.07) is 0. The van der Waals surface area contributed by atoms with Gasteiger partial charge in [0.1, 0.15) is 6.10 Å². The number of rotatable bonds is 3. The molecule has 0 atom stereocenters. The van der Waals surface area contributed by atoms with Crippen molar-refractivity contribution in [1.82, 2.24) is 14.1 Å². The highest BCUT2D eigenvalue weighted by Gasteiger charge is 2.26. The zero-order valence-electron chi connectivity index (χ0n) is 11.9.